The van der Waals surface area contributed by atoms with E-state index in [0.29, 0.717) is 31.1 Å². The summed E-state index contributed by atoms with van der Waals surface area (Å²) in [6.45, 7) is 5.81. The summed E-state index contributed by atoms with van der Waals surface area (Å²) in [5.41, 5.74) is 0.486. The third-order valence-electron chi connectivity index (χ3n) is 3.91. The van der Waals surface area contributed by atoms with Gasteiger partial charge >= 0.3 is 0 Å². The van der Waals surface area contributed by atoms with Gasteiger partial charge in [0.2, 0.25) is 10.0 Å². The maximum Gasteiger partial charge on any atom is 0.251 e. The van der Waals surface area contributed by atoms with Crippen molar-refractivity contribution in [3.8, 4) is 0 Å². The van der Waals surface area contributed by atoms with Gasteiger partial charge in [-0.2, -0.15) is 4.31 Å². The fourth-order valence-electron chi connectivity index (χ4n) is 2.63. The van der Waals surface area contributed by atoms with E-state index in [2.05, 4.69) is 12.2 Å². The van der Waals surface area contributed by atoms with Gasteiger partial charge < -0.3 is 5.32 Å². The van der Waals surface area contributed by atoms with Gasteiger partial charge in [-0.1, -0.05) is 13.8 Å². The third-order valence-corrected chi connectivity index (χ3v) is 5.79. The number of nitrogens with zero attached hydrogens (tertiary/aromatic N) is 1. The molecule has 122 valence electrons. The first-order valence-corrected chi connectivity index (χ1v) is 9.27. The monoisotopic (exact) mass is 324 g/mol. The smallest absolute Gasteiger partial charge is 0.251 e. The summed E-state index contributed by atoms with van der Waals surface area (Å²) in [5, 5.41) is 2.78. The zero-order chi connectivity index (χ0) is 16.2. The summed E-state index contributed by atoms with van der Waals surface area (Å²) < 4.78 is 26.8. The van der Waals surface area contributed by atoms with Crippen LogP contribution in [-0.4, -0.2) is 38.3 Å². The summed E-state index contributed by atoms with van der Waals surface area (Å²) >= 11 is 0. The molecule has 0 radical (unpaired) electrons. The van der Waals surface area contributed by atoms with Gasteiger partial charge in [-0.05, 0) is 49.4 Å². The second-order valence-electron chi connectivity index (χ2n) is 5.89. The maximum atomic E-state index is 12.6. The molecule has 0 aromatic heterocycles. The van der Waals surface area contributed by atoms with E-state index in [0.717, 1.165) is 19.3 Å². The van der Waals surface area contributed by atoms with Crippen molar-refractivity contribution in [3.05, 3.63) is 29.8 Å². The molecule has 1 atom stereocenters. The Morgan fingerprint density at radius 2 is 2.00 bits per heavy atom. The number of piperidine rings is 1. The van der Waals surface area contributed by atoms with Crippen molar-refractivity contribution >= 4 is 15.9 Å². The molecule has 0 bridgehead atoms. The van der Waals surface area contributed by atoms with Crippen LogP contribution in [0.4, 0.5) is 0 Å². The lowest BCUT2D eigenvalue weighted by Crippen LogP contribution is -2.39. The second-order valence-corrected chi connectivity index (χ2v) is 7.83. The van der Waals surface area contributed by atoms with Gasteiger partial charge in [-0.25, -0.2) is 8.42 Å². The minimum absolute atomic E-state index is 0.169. The lowest BCUT2D eigenvalue weighted by molar-refractivity contribution is 0.0953. The van der Waals surface area contributed by atoms with Crippen LogP contribution in [0.3, 0.4) is 0 Å². The van der Waals surface area contributed by atoms with Crippen LogP contribution in [0.15, 0.2) is 29.2 Å². The van der Waals surface area contributed by atoms with Crippen molar-refractivity contribution in [3.63, 3.8) is 0 Å². The molecule has 1 unspecified atom stereocenters. The summed E-state index contributed by atoms with van der Waals surface area (Å²) in [7, 11) is -3.45. The fourth-order valence-corrected chi connectivity index (χ4v) is 4.23. The van der Waals surface area contributed by atoms with Gasteiger partial charge in [0.15, 0.2) is 0 Å². The highest BCUT2D eigenvalue weighted by atomic mass is 32.2. The molecule has 1 aliphatic heterocycles. The molecule has 1 N–H and O–H groups in total. The number of carbonyl (C=O) groups excluding carboxylic acids is 1. The van der Waals surface area contributed by atoms with E-state index in [1.165, 1.54) is 12.1 Å². The summed E-state index contributed by atoms with van der Waals surface area (Å²) in [6.07, 6.45) is 2.84. The van der Waals surface area contributed by atoms with Gasteiger partial charge in [0, 0.05) is 25.2 Å². The molecular formula is C16H24N2O3S. The fraction of sp³-hybridized carbons (Fsp3) is 0.562. The Morgan fingerprint density at radius 3 is 2.59 bits per heavy atom. The number of hydrogen-bond donors (Lipinski definition) is 1. The standard InChI is InChI=1S/C16H24N2O3S/c1-3-10-17-16(19)14-6-8-15(9-7-14)22(20,21)18-11-4-5-13(2)12-18/h6-9,13H,3-5,10-12H2,1-2H3,(H,17,19). The third kappa shape index (κ3) is 3.87. The Bertz CT molecular complexity index is 611. The Morgan fingerprint density at radius 1 is 1.32 bits per heavy atom. The highest BCUT2D eigenvalue weighted by Crippen LogP contribution is 2.23. The van der Waals surface area contributed by atoms with E-state index in [-0.39, 0.29) is 10.8 Å². The lowest BCUT2D eigenvalue weighted by atomic mass is 10.0. The van der Waals surface area contributed by atoms with Crippen molar-refractivity contribution < 1.29 is 13.2 Å². The first-order valence-electron chi connectivity index (χ1n) is 7.83. The topological polar surface area (TPSA) is 66.5 Å². The van der Waals surface area contributed by atoms with Crippen LogP contribution in [0.2, 0.25) is 0 Å². The van der Waals surface area contributed by atoms with Crippen LogP contribution < -0.4 is 5.32 Å². The number of sulfonamides is 1. The normalized spacial score (nSPS) is 19.8. The number of amides is 1. The average molecular weight is 324 g/mol. The Hall–Kier alpha value is -1.40. The maximum absolute atomic E-state index is 12.6. The van der Waals surface area contributed by atoms with Crippen molar-refractivity contribution in [1.29, 1.82) is 0 Å². The van der Waals surface area contributed by atoms with Crippen LogP contribution in [0.1, 0.15) is 43.5 Å². The van der Waals surface area contributed by atoms with Crippen LogP contribution in [-0.2, 0) is 10.0 Å². The lowest BCUT2D eigenvalue weighted by Gasteiger charge is -2.30. The number of nitrogens with one attached hydrogen (secondary N) is 1. The zero-order valence-corrected chi connectivity index (χ0v) is 14.0. The number of benzene rings is 1. The minimum Gasteiger partial charge on any atom is -0.352 e. The Balaban J connectivity index is 2.13. The predicted octanol–water partition coefficient (Wildman–Crippen LogP) is 2.25. The number of carbonyl (C=O) groups is 1. The van der Waals surface area contributed by atoms with E-state index in [1.807, 2.05) is 6.92 Å². The summed E-state index contributed by atoms with van der Waals surface area (Å²) in [5.74, 6) is 0.222. The molecule has 1 fully saturated rings. The van der Waals surface area contributed by atoms with Gasteiger partial charge in [-0.15, -0.1) is 0 Å². The Kier molecular flexibility index (Phi) is 5.58. The number of hydrogen-bond acceptors (Lipinski definition) is 3. The molecule has 1 aliphatic rings. The summed E-state index contributed by atoms with van der Waals surface area (Å²) in [4.78, 5) is 12.1. The van der Waals surface area contributed by atoms with Gasteiger partial charge in [-0.3, -0.25) is 4.79 Å². The molecule has 0 aliphatic carbocycles. The van der Waals surface area contributed by atoms with Crippen LogP contribution in [0, 0.1) is 5.92 Å². The van der Waals surface area contributed by atoms with Crippen molar-refractivity contribution in [1.82, 2.24) is 9.62 Å². The van der Waals surface area contributed by atoms with E-state index < -0.39 is 10.0 Å². The molecule has 1 amide bonds. The number of rotatable bonds is 5. The van der Waals surface area contributed by atoms with Crippen molar-refractivity contribution in [2.24, 2.45) is 5.92 Å². The molecule has 0 spiro atoms. The first kappa shape index (κ1) is 17.0. The van der Waals surface area contributed by atoms with Crippen molar-refractivity contribution in [2.75, 3.05) is 19.6 Å². The molecule has 2 rings (SSSR count). The van der Waals surface area contributed by atoms with E-state index in [9.17, 15) is 13.2 Å². The molecule has 6 heteroatoms. The molecule has 1 aromatic carbocycles. The zero-order valence-electron chi connectivity index (χ0n) is 13.2. The Labute approximate surface area is 132 Å². The molecule has 22 heavy (non-hydrogen) atoms. The molecule has 1 saturated heterocycles. The second kappa shape index (κ2) is 7.24. The molecule has 1 heterocycles. The molecule has 0 saturated carbocycles. The van der Waals surface area contributed by atoms with Gasteiger partial charge in [0.1, 0.15) is 0 Å². The minimum atomic E-state index is -3.45. The SMILES string of the molecule is CCCNC(=O)c1ccc(S(=O)(=O)N2CCCC(C)C2)cc1. The average Bonchev–Trinajstić information content (AvgIpc) is 2.52. The van der Waals surface area contributed by atoms with E-state index in [1.54, 1.807) is 16.4 Å². The van der Waals surface area contributed by atoms with Gasteiger partial charge in [0.25, 0.3) is 5.91 Å². The van der Waals surface area contributed by atoms with E-state index >= 15 is 0 Å². The quantitative estimate of drug-likeness (QED) is 0.903. The van der Waals surface area contributed by atoms with Crippen molar-refractivity contribution in [2.45, 2.75) is 38.0 Å². The van der Waals surface area contributed by atoms with Gasteiger partial charge in [0.05, 0.1) is 4.90 Å². The predicted molar refractivity (Wildman–Crippen MR) is 86.2 cm³/mol. The van der Waals surface area contributed by atoms with Crippen LogP contribution in [0.5, 0.6) is 0 Å². The molecule has 1 aromatic rings. The molecule has 5 nitrogen and oxygen atoms in total. The molecular weight excluding hydrogens is 300 g/mol. The summed E-state index contributed by atoms with van der Waals surface area (Å²) in [6, 6.07) is 6.20. The first-order chi connectivity index (χ1) is 10.4. The van der Waals surface area contributed by atoms with Crippen LogP contribution in [0.25, 0.3) is 0 Å². The highest BCUT2D eigenvalue weighted by molar-refractivity contribution is 7.89. The van der Waals surface area contributed by atoms with E-state index in [4.69, 9.17) is 0 Å². The highest BCUT2D eigenvalue weighted by Gasteiger charge is 2.28. The largest absolute Gasteiger partial charge is 0.352 e. The van der Waals surface area contributed by atoms with Crippen LogP contribution >= 0.6 is 0 Å².